The topological polar surface area (TPSA) is 36.0 Å². The summed E-state index contributed by atoms with van der Waals surface area (Å²) in [6.45, 7) is 7.21. The molecule has 2 fully saturated rings. The first kappa shape index (κ1) is 31.6. The summed E-state index contributed by atoms with van der Waals surface area (Å²) in [7, 11) is 1.95. The van der Waals surface area contributed by atoms with Gasteiger partial charge in [0, 0.05) is 49.3 Å². The Balaban J connectivity index is 1.08. The van der Waals surface area contributed by atoms with Gasteiger partial charge in [-0.3, -0.25) is 9.69 Å². The molecule has 0 saturated carbocycles. The molecule has 2 heterocycles. The van der Waals surface area contributed by atoms with E-state index in [1.54, 1.807) is 0 Å². The molecule has 1 amide bonds. The summed E-state index contributed by atoms with van der Waals surface area (Å²) in [5, 5.41) is 1.32. The molecule has 2 aliphatic rings. The molecule has 5 rings (SSSR count). The SMILES string of the molecule is CN(C(=O)C(c1ccc(Cl)cc1)c1ccc(Cl)cc1)C1CCN(C/C=C\c2ccc(OCCCN3CCCC3)cc2)CC1. The van der Waals surface area contributed by atoms with Crippen molar-refractivity contribution in [3.63, 3.8) is 0 Å². The van der Waals surface area contributed by atoms with Crippen LogP contribution in [-0.2, 0) is 4.79 Å². The Hall–Kier alpha value is -2.83. The number of piperidine rings is 1. The molecule has 3 aromatic carbocycles. The molecule has 43 heavy (non-hydrogen) atoms. The van der Waals surface area contributed by atoms with E-state index in [1.165, 1.54) is 31.5 Å². The van der Waals surface area contributed by atoms with Gasteiger partial charge in [-0.1, -0.05) is 71.8 Å². The van der Waals surface area contributed by atoms with Gasteiger partial charge in [-0.15, -0.1) is 0 Å². The molecule has 5 nitrogen and oxygen atoms in total. The summed E-state index contributed by atoms with van der Waals surface area (Å²) in [4.78, 5) is 20.8. The molecule has 0 bridgehead atoms. The predicted octanol–water partition coefficient (Wildman–Crippen LogP) is 7.63. The maximum absolute atomic E-state index is 13.9. The Morgan fingerprint density at radius 3 is 2.02 bits per heavy atom. The van der Waals surface area contributed by atoms with Crippen molar-refractivity contribution in [1.82, 2.24) is 14.7 Å². The minimum Gasteiger partial charge on any atom is -0.494 e. The third kappa shape index (κ3) is 9.09. The van der Waals surface area contributed by atoms with E-state index in [4.69, 9.17) is 27.9 Å². The number of carbonyl (C=O) groups excluding carboxylic acids is 1. The molecule has 0 radical (unpaired) electrons. The van der Waals surface area contributed by atoms with Crippen molar-refractivity contribution in [3.05, 3.63) is 106 Å². The first-order valence-corrected chi connectivity index (χ1v) is 16.3. The molecule has 2 aliphatic heterocycles. The third-order valence-electron chi connectivity index (χ3n) is 8.75. The maximum atomic E-state index is 13.9. The Morgan fingerprint density at radius 1 is 0.860 bits per heavy atom. The van der Waals surface area contributed by atoms with E-state index in [2.05, 4.69) is 46.2 Å². The van der Waals surface area contributed by atoms with Gasteiger partial charge in [-0.25, -0.2) is 0 Å². The average Bonchev–Trinajstić information content (AvgIpc) is 3.56. The van der Waals surface area contributed by atoms with Crippen molar-refractivity contribution in [2.75, 3.05) is 52.9 Å². The quantitative estimate of drug-likeness (QED) is 0.195. The zero-order valence-electron chi connectivity index (χ0n) is 25.1. The first-order valence-electron chi connectivity index (χ1n) is 15.6. The summed E-state index contributed by atoms with van der Waals surface area (Å²) in [6, 6.07) is 23.7. The highest BCUT2D eigenvalue weighted by Gasteiger charge is 2.31. The smallest absolute Gasteiger partial charge is 0.234 e. The number of rotatable bonds is 12. The number of benzene rings is 3. The van der Waals surface area contributed by atoms with Crippen molar-refractivity contribution in [1.29, 1.82) is 0 Å². The van der Waals surface area contributed by atoms with Crippen molar-refractivity contribution < 1.29 is 9.53 Å². The van der Waals surface area contributed by atoms with Crippen molar-refractivity contribution in [2.24, 2.45) is 0 Å². The maximum Gasteiger partial charge on any atom is 0.234 e. The fourth-order valence-corrected chi connectivity index (χ4v) is 6.41. The number of likely N-dealkylation sites (N-methyl/N-ethyl adjacent to an activating group) is 1. The second-order valence-corrected chi connectivity index (χ2v) is 12.6. The lowest BCUT2D eigenvalue weighted by atomic mass is 9.89. The lowest BCUT2D eigenvalue weighted by molar-refractivity contribution is -0.133. The largest absolute Gasteiger partial charge is 0.494 e. The molecule has 2 saturated heterocycles. The number of likely N-dealkylation sites (tertiary alicyclic amines) is 2. The number of amides is 1. The van der Waals surface area contributed by atoms with E-state index < -0.39 is 5.92 Å². The number of carbonyl (C=O) groups is 1. The lowest BCUT2D eigenvalue weighted by Gasteiger charge is -2.38. The van der Waals surface area contributed by atoms with Gasteiger partial charge in [0.25, 0.3) is 0 Å². The molecular formula is C36H43Cl2N3O2. The molecule has 3 aromatic rings. The third-order valence-corrected chi connectivity index (χ3v) is 9.25. The van der Waals surface area contributed by atoms with Crippen molar-refractivity contribution >= 4 is 35.2 Å². The van der Waals surface area contributed by atoms with Gasteiger partial charge in [0.1, 0.15) is 5.75 Å². The lowest BCUT2D eigenvalue weighted by Crippen LogP contribution is -2.47. The summed E-state index contributed by atoms with van der Waals surface area (Å²) in [6.07, 6.45) is 10.1. The van der Waals surface area contributed by atoms with E-state index >= 15 is 0 Å². The Bertz CT molecular complexity index is 1270. The van der Waals surface area contributed by atoms with E-state index in [-0.39, 0.29) is 11.9 Å². The van der Waals surface area contributed by atoms with Gasteiger partial charge in [-0.05, 0) is 98.3 Å². The summed E-state index contributed by atoms with van der Waals surface area (Å²) in [5.74, 6) is 0.642. The number of hydrogen-bond donors (Lipinski definition) is 0. The van der Waals surface area contributed by atoms with Crippen molar-refractivity contribution in [3.8, 4) is 5.75 Å². The number of hydrogen-bond acceptors (Lipinski definition) is 4. The van der Waals surface area contributed by atoms with Crippen LogP contribution in [-0.4, -0.2) is 79.6 Å². The zero-order chi connectivity index (χ0) is 30.0. The first-order chi connectivity index (χ1) is 21.0. The van der Waals surface area contributed by atoms with Gasteiger partial charge in [0.2, 0.25) is 5.91 Å². The van der Waals surface area contributed by atoms with Crippen LogP contribution in [0.3, 0.4) is 0 Å². The van der Waals surface area contributed by atoms with Gasteiger partial charge in [-0.2, -0.15) is 0 Å². The Morgan fingerprint density at radius 2 is 1.44 bits per heavy atom. The highest BCUT2D eigenvalue weighted by molar-refractivity contribution is 6.30. The second-order valence-electron chi connectivity index (χ2n) is 11.7. The zero-order valence-corrected chi connectivity index (χ0v) is 26.6. The molecule has 0 aliphatic carbocycles. The predicted molar refractivity (Wildman–Crippen MR) is 178 cm³/mol. The molecule has 0 spiro atoms. The second kappa shape index (κ2) is 15.8. The fourth-order valence-electron chi connectivity index (χ4n) is 6.16. The van der Waals surface area contributed by atoms with Crippen LogP contribution in [0.4, 0.5) is 0 Å². The van der Waals surface area contributed by atoms with Crippen LogP contribution in [0.25, 0.3) is 6.08 Å². The highest BCUT2D eigenvalue weighted by Crippen LogP contribution is 2.30. The molecule has 0 unspecified atom stereocenters. The van der Waals surface area contributed by atoms with Crippen LogP contribution in [0.15, 0.2) is 78.9 Å². The number of halogens is 2. The minimum atomic E-state index is -0.396. The normalized spacial score (nSPS) is 16.7. The van der Waals surface area contributed by atoms with Crippen LogP contribution in [0, 0.1) is 0 Å². The molecule has 7 heteroatoms. The van der Waals surface area contributed by atoms with Crippen LogP contribution >= 0.6 is 23.2 Å². The Labute approximate surface area is 267 Å². The van der Waals surface area contributed by atoms with E-state index in [0.717, 1.165) is 68.9 Å². The fraction of sp³-hybridized carbons (Fsp3) is 0.417. The highest BCUT2D eigenvalue weighted by atomic mass is 35.5. The van der Waals surface area contributed by atoms with E-state index in [9.17, 15) is 4.79 Å². The average molecular weight is 621 g/mol. The van der Waals surface area contributed by atoms with Crippen molar-refractivity contribution in [2.45, 2.75) is 44.1 Å². The summed E-state index contributed by atoms with van der Waals surface area (Å²) < 4.78 is 5.94. The monoisotopic (exact) mass is 619 g/mol. The number of nitrogens with zero attached hydrogens (tertiary/aromatic N) is 3. The minimum absolute atomic E-state index is 0.0991. The summed E-state index contributed by atoms with van der Waals surface area (Å²) >= 11 is 12.3. The Kier molecular flexibility index (Phi) is 11.6. The van der Waals surface area contributed by atoms with Gasteiger partial charge in [0.05, 0.1) is 12.5 Å². The van der Waals surface area contributed by atoms with Crippen LogP contribution in [0.5, 0.6) is 5.75 Å². The molecule has 0 aromatic heterocycles. The van der Waals surface area contributed by atoms with Gasteiger partial charge < -0.3 is 14.5 Å². The van der Waals surface area contributed by atoms with Gasteiger partial charge in [0.15, 0.2) is 0 Å². The van der Waals surface area contributed by atoms with Crippen LogP contribution in [0.2, 0.25) is 10.0 Å². The molecule has 0 N–H and O–H groups in total. The van der Waals surface area contributed by atoms with Crippen LogP contribution in [0.1, 0.15) is 54.7 Å². The standard InChI is InChI=1S/C36H43Cl2N3O2/c1-39(36(42)35(29-9-13-31(37)14-10-29)30-11-15-32(38)16-12-30)33-19-25-41(26-20-33)23-4-6-28-7-17-34(18-8-28)43-27-5-24-40-21-2-3-22-40/h4,6-18,33,35H,2-3,5,19-27H2,1H3/b6-4-. The van der Waals surface area contributed by atoms with Crippen LogP contribution < -0.4 is 4.74 Å². The van der Waals surface area contributed by atoms with Gasteiger partial charge >= 0.3 is 0 Å². The molecular weight excluding hydrogens is 577 g/mol. The van der Waals surface area contributed by atoms with E-state index in [1.807, 2.05) is 60.5 Å². The summed E-state index contributed by atoms with van der Waals surface area (Å²) in [5.41, 5.74) is 3.05. The van der Waals surface area contributed by atoms with E-state index in [0.29, 0.717) is 10.0 Å². The molecule has 228 valence electrons. The molecule has 0 atom stereocenters. The number of ether oxygens (including phenoxy) is 1.